The van der Waals surface area contributed by atoms with Gasteiger partial charge in [0, 0.05) is 37.0 Å². The number of fused-ring (bicyclic) bond motifs is 3. The van der Waals surface area contributed by atoms with Crippen LogP contribution in [0.15, 0.2) is 29.2 Å². The second-order valence-electron chi connectivity index (χ2n) is 9.07. The summed E-state index contributed by atoms with van der Waals surface area (Å²) in [4.78, 5) is 14.9. The molecule has 0 radical (unpaired) electrons. The van der Waals surface area contributed by atoms with E-state index in [0.717, 1.165) is 42.2 Å². The van der Waals surface area contributed by atoms with Gasteiger partial charge in [0.15, 0.2) is 0 Å². The van der Waals surface area contributed by atoms with Crippen LogP contribution in [0.4, 0.5) is 5.82 Å². The minimum absolute atomic E-state index is 0.0910. The highest BCUT2D eigenvalue weighted by atomic mass is 32.2. The van der Waals surface area contributed by atoms with Crippen LogP contribution in [0.2, 0.25) is 0 Å². The molecule has 2 aliphatic carbocycles. The third-order valence-corrected chi connectivity index (χ3v) is 10.1. The average molecular weight is 480 g/mol. The molecular weight excluding hydrogens is 454 g/mol. The standard InChI is InChI=1S/C24H25N5O2S2/c25-15-17-5-1-4-8-20(17)33(30,31)29-13-11-28(12-14-29)23-21-18-6-2-3-7-19(18)32-24(21)27-22(26-23)16-9-10-16/h1,4-5,8,16H,2-3,6-7,9-14H2. The molecule has 0 amide bonds. The summed E-state index contributed by atoms with van der Waals surface area (Å²) in [6, 6.07) is 8.45. The van der Waals surface area contributed by atoms with Gasteiger partial charge in [-0.3, -0.25) is 0 Å². The van der Waals surface area contributed by atoms with Crippen LogP contribution >= 0.6 is 11.3 Å². The number of aryl methyl sites for hydroxylation is 2. The maximum absolute atomic E-state index is 13.3. The molecule has 1 aromatic carbocycles. The molecule has 6 rings (SSSR count). The number of hydrogen-bond donors (Lipinski definition) is 0. The largest absolute Gasteiger partial charge is 0.353 e. The third-order valence-electron chi connectivity index (χ3n) is 6.92. The molecule has 1 saturated heterocycles. The van der Waals surface area contributed by atoms with Gasteiger partial charge in [-0.25, -0.2) is 18.4 Å². The zero-order valence-corrected chi connectivity index (χ0v) is 20.0. The number of rotatable bonds is 4. The Morgan fingerprint density at radius 1 is 1.03 bits per heavy atom. The summed E-state index contributed by atoms with van der Waals surface area (Å²) in [6.45, 7) is 1.90. The summed E-state index contributed by atoms with van der Waals surface area (Å²) in [5.74, 6) is 2.42. The Bertz CT molecular complexity index is 1380. The molecule has 0 atom stereocenters. The van der Waals surface area contributed by atoms with Crippen LogP contribution < -0.4 is 4.90 Å². The number of piperazine rings is 1. The van der Waals surface area contributed by atoms with Crippen molar-refractivity contribution in [1.29, 1.82) is 5.26 Å². The first-order valence-electron chi connectivity index (χ1n) is 11.6. The third kappa shape index (κ3) is 3.61. The summed E-state index contributed by atoms with van der Waals surface area (Å²) in [7, 11) is -3.71. The van der Waals surface area contributed by atoms with Crippen LogP contribution in [0.1, 0.15) is 53.4 Å². The fraction of sp³-hybridized carbons (Fsp3) is 0.458. The van der Waals surface area contributed by atoms with Gasteiger partial charge in [0.2, 0.25) is 10.0 Å². The first-order valence-corrected chi connectivity index (χ1v) is 13.9. The van der Waals surface area contributed by atoms with Gasteiger partial charge in [-0.1, -0.05) is 12.1 Å². The molecule has 3 heterocycles. The first-order chi connectivity index (χ1) is 16.1. The Labute approximate surface area is 197 Å². The highest BCUT2D eigenvalue weighted by molar-refractivity contribution is 7.89. The number of thiophene rings is 1. The van der Waals surface area contributed by atoms with E-state index in [2.05, 4.69) is 4.90 Å². The molecule has 170 valence electrons. The lowest BCUT2D eigenvalue weighted by atomic mass is 9.97. The number of hydrogen-bond acceptors (Lipinski definition) is 7. The van der Waals surface area contributed by atoms with Crippen molar-refractivity contribution in [2.24, 2.45) is 0 Å². The maximum Gasteiger partial charge on any atom is 0.244 e. The molecule has 33 heavy (non-hydrogen) atoms. The molecule has 1 aliphatic heterocycles. The Kier molecular flexibility index (Phi) is 5.13. The van der Waals surface area contributed by atoms with Gasteiger partial charge in [-0.2, -0.15) is 9.57 Å². The molecule has 2 aromatic heterocycles. The predicted octanol–water partition coefficient (Wildman–Crippen LogP) is 3.83. The van der Waals surface area contributed by atoms with Gasteiger partial charge in [0.1, 0.15) is 22.5 Å². The van der Waals surface area contributed by atoms with Crippen LogP contribution in [0, 0.1) is 11.3 Å². The lowest BCUT2D eigenvalue weighted by Crippen LogP contribution is -2.49. The van der Waals surface area contributed by atoms with Crippen LogP contribution in [0.25, 0.3) is 10.2 Å². The van der Waals surface area contributed by atoms with E-state index in [1.54, 1.807) is 18.2 Å². The number of aromatic nitrogens is 2. The molecule has 3 aliphatic rings. The Morgan fingerprint density at radius 2 is 1.79 bits per heavy atom. The van der Waals surface area contributed by atoms with Gasteiger partial charge >= 0.3 is 0 Å². The summed E-state index contributed by atoms with van der Waals surface area (Å²) in [5.41, 5.74) is 1.60. The van der Waals surface area contributed by atoms with Crippen molar-refractivity contribution in [3.8, 4) is 6.07 Å². The Hall–Kier alpha value is -2.54. The number of anilines is 1. The second-order valence-corrected chi connectivity index (χ2v) is 12.1. The quantitative estimate of drug-likeness (QED) is 0.565. The molecule has 2 fully saturated rings. The van der Waals surface area contributed by atoms with Crippen molar-refractivity contribution >= 4 is 37.4 Å². The SMILES string of the molecule is N#Cc1ccccc1S(=O)(=O)N1CCN(c2nc(C3CC3)nc3sc4c(c23)CCCC4)CC1. The van der Waals surface area contributed by atoms with E-state index in [0.29, 0.717) is 32.1 Å². The fourth-order valence-corrected chi connectivity index (χ4v) is 7.80. The van der Waals surface area contributed by atoms with E-state index in [4.69, 9.17) is 9.97 Å². The summed E-state index contributed by atoms with van der Waals surface area (Å²) >= 11 is 1.83. The van der Waals surface area contributed by atoms with Crippen molar-refractivity contribution < 1.29 is 8.42 Å². The number of benzene rings is 1. The smallest absolute Gasteiger partial charge is 0.244 e. The van der Waals surface area contributed by atoms with Crippen LogP contribution in [-0.4, -0.2) is 48.9 Å². The summed E-state index contributed by atoms with van der Waals surface area (Å²) in [5, 5.41) is 10.6. The topological polar surface area (TPSA) is 90.2 Å². The first kappa shape index (κ1) is 21.0. The van der Waals surface area contributed by atoms with E-state index in [1.165, 1.54) is 39.0 Å². The van der Waals surface area contributed by atoms with Gasteiger partial charge in [0.05, 0.1) is 15.8 Å². The normalized spacial score (nSPS) is 19.4. The van der Waals surface area contributed by atoms with E-state index < -0.39 is 10.0 Å². The lowest BCUT2D eigenvalue weighted by molar-refractivity contribution is 0.384. The van der Waals surface area contributed by atoms with Crippen molar-refractivity contribution in [2.75, 3.05) is 31.1 Å². The predicted molar refractivity (Wildman–Crippen MR) is 128 cm³/mol. The highest BCUT2D eigenvalue weighted by Gasteiger charge is 2.34. The van der Waals surface area contributed by atoms with E-state index >= 15 is 0 Å². The van der Waals surface area contributed by atoms with Crippen LogP contribution in [-0.2, 0) is 22.9 Å². The van der Waals surface area contributed by atoms with Crippen molar-refractivity contribution in [1.82, 2.24) is 14.3 Å². The molecule has 1 saturated carbocycles. The van der Waals surface area contributed by atoms with E-state index in [9.17, 15) is 13.7 Å². The summed E-state index contributed by atoms with van der Waals surface area (Å²) in [6.07, 6.45) is 6.94. The van der Waals surface area contributed by atoms with Gasteiger partial charge in [-0.15, -0.1) is 11.3 Å². The maximum atomic E-state index is 13.3. The fourth-order valence-electron chi connectivity index (χ4n) is 4.97. The summed E-state index contributed by atoms with van der Waals surface area (Å²) < 4.78 is 28.0. The van der Waals surface area contributed by atoms with Crippen LogP contribution in [0.3, 0.4) is 0 Å². The number of sulfonamides is 1. The molecule has 0 bridgehead atoms. The molecule has 0 N–H and O–H groups in total. The Morgan fingerprint density at radius 3 is 2.55 bits per heavy atom. The number of nitriles is 1. The van der Waals surface area contributed by atoms with Gasteiger partial charge < -0.3 is 4.90 Å². The van der Waals surface area contributed by atoms with Gasteiger partial charge in [0.25, 0.3) is 0 Å². The second kappa shape index (κ2) is 8.05. The van der Waals surface area contributed by atoms with Crippen molar-refractivity contribution in [2.45, 2.75) is 49.3 Å². The van der Waals surface area contributed by atoms with Gasteiger partial charge in [-0.05, 0) is 56.2 Å². The highest BCUT2D eigenvalue weighted by Crippen LogP contribution is 2.44. The molecule has 0 unspecified atom stereocenters. The lowest BCUT2D eigenvalue weighted by Gasteiger charge is -2.35. The average Bonchev–Trinajstić information content (AvgIpc) is 3.64. The zero-order valence-electron chi connectivity index (χ0n) is 18.3. The van der Waals surface area contributed by atoms with E-state index in [1.807, 2.05) is 17.4 Å². The van der Waals surface area contributed by atoms with Crippen LogP contribution in [0.5, 0.6) is 0 Å². The van der Waals surface area contributed by atoms with Crippen molar-refractivity contribution in [3.63, 3.8) is 0 Å². The van der Waals surface area contributed by atoms with Crippen molar-refractivity contribution in [3.05, 3.63) is 46.1 Å². The minimum Gasteiger partial charge on any atom is -0.353 e. The zero-order chi connectivity index (χ0) is 22.6. The molecule has 3 aromatic rings. The molecule has 0 spiro atoms. The minimum atomic E-state index is -3.71. The monoisotopic (exact) mass is 479 g/mol. The Balaban J connectivity index is 1.32. The number of nitrogens with zero attached hydrogens (tertiary/aromatic N) is 5. The molecular formula is C24H25N5O2S2. The molecule has 7 nitrogen and oxygen atoms in total. The van der Waals surface area contributed by atoms with E-state index in [-0.39, 0.29) is 10.5 Å². The molecule has 9 heteroatoms.